The molecule has 1 unspecified atom stereocenters. The van der Waals surface area contributed by atoms with E-state index in [0.29, 0.717) is 6.04 Å². The number of allylic oxidation sites excluding steroid dienone is 1. The predicted molar refractivity (Wildman–Crippen MR) is 83.5 cm³/mol. The average Bonchev–Trinajstić information content (AvgIpc) is 2.43. The Balaban J connectivity index is 2.33. The summed E-state index contributed by atoms with van der Waals surface area (Å²) in [6, 6.07) is 7.08. The molecule has 104 valence electrons. The van der Waals surface area contributed by atoms with E-state index in [1.807, 2.05) is 0 Å². The molecule has 2 rings (SSSR count). The molecular formula is C18H27N. The first-order chi connectivity index (χ1) is 9.24. The summed E-state index contributed by atoms with van der Waals surface area (Å²) in [6.45, 7) is 7.82. The van der Waals surface area contributed by atoms with Gasteiger partial charge < -0.3 is 5.32 Å². The van der Waals surface area contributed by atoms with Gasteiger partial charge in [-0.2, -0.15) is 0 Å². The molecule has 1 aliphatic carbocycles. The molecule has 0 aliphatic heterocycles. The van der Waals surface area contributed by atoms with Crippen molar-refractivity contribution in [2.24, 2.45) is 0 Å². The molecule has 0 amide bonds. The summed E-state index contributed by atoms with van der Waals surface area (Å²) in [5, 5.41) is 3.77. The lowest BCUT2D eigenvalue weighted by Gasteiger charge is -2.27. The van der Waals surface area contributed by atoms with Gasteiger partial charge in [-0.05, 0) is 69.2 Å². The first kappa shape index (κ1) is 14.3. The van der Waals surface area contributed by atoms with Crippen molar-refractivity contribution in [1.82, 2.24) is 5.32 Å². The van der Waals surface area contributed by atoms with Crippen LogP contribution in [-0.4, -0.2) is 6.54 Å². The van der Waals surface area contributed by atoms with Gasteiger partial charge in [0.1, 0.15) is 0 Å². The van der Waals surface area contributed by atoms with Crippen molar-refractivity contribution in [3.8, 4) is 0 Å². The summed E-state index contributed by atoms with van der Waals surface area (Å²) < 4.78 is 0. The Kier molecular flexibility index (Phi) is 5.21. The highest BCUT2D eigenvalue weighted by atomic mass is 14.9. The Bertz CT molecular complexity index is 425. The van der Waals surface area contributed by atoms with Crippen LogP contribution in [0.1, 0.15) is 61.8 Å². The van der Waals surface area contributed by atoms with Crippen molar-refractivity contribution in [3.05, 3.63) is 46.5 Å². The number of nitrogens with one attached hydrogen (secondary N) is 1. The Labute approximate surface area is 118 Å². The molecular weight excluding hydrogens is 230 g/mol. The molecule has 1 nitrogen and oxygen atoms in total. The van der Waals surface area contributed by atoms with Crippen molar-refractivity contribution in [3.63, 3.8) is 0 Å². The lowest BCUT2D eigenvalue weighted by Crippen LogP contribution is -2.26. The van der Waals surface area contributed by atoms with Crippen molar-refractivity contribution < 1.29 is 0 Å². The van der Waals surface area contributed by atoms with Gasteiger partial charge in [0.05, 0.1) is 6.04 Å². The van der Waals surface area contributed by atoms with E-state index in [4.69, 9.17) is 0 Å². The van der Waals surface area contributed by atoms with Gasteiger partial charge in [-0.25, -0.2) is 0 Å². The summed E-state index contributed by atoms with van der Waals surface area (Å²) in [7, 11) is 0. The molecule has 0 bridgehead atoms. The second kappa shape index (κ2) is 6.91. The van der Waals surface area contributed by atoms with Gasteiger partial charge in [0, 0.05) is 0 Å². The van der Waals surface area contributed by atoms with Gasteiger partial charge in [-0.1, -0.05) is 36.8 Å². The number of hydrogen-bond donors (Lipinski definition) is 1. The minimum absolute atomic E-state index is 0.432. The molecule has 1 atom stereocenters. The van der Waals surface area contributed by atoms with Gasteiger partial charge in [0.15, 0.2) is 0 Å². The summed E-state index contributed by atoms with van der Waals surface area (Å²) in [5.74, 6) is 0. The summed E-state index contributed by atoms with van der Waals surface area (Å²) >= 11 is 0. The predicted octanol–water partition coefficient (Wildman–Crippen LogP) is 4.84. The van der Waals surface area contributed by atoms with E-state index >= 15 is 0 Å². The molecule has 1 N–H and O–H groups in total. The van der Waals surface area contributed by atoms with Crippen LogP contribution in [0.25, 0.3) is 0 Å². The van der Waals surface area contributed by atoms with Gasteiger partial charge in [-0.15, -0.1) is 0 Å². The van der Waals surface area contributed by atoms with E-state index in [9.17, 15) is 0 Å². The zero-order chi connectivity index (χ0) is 13.7. The van der Waals surface area contributed by atoms with Crippen LogP contribution in [0, 0.1) is 13.8 Å². The number of aryl methyl sites for hydroxylation is 2. The van der Waals surface area contributed by atoms with E-state index in [1.165, 1.54) is 48.8 Å². The van der Waals surface area contributed by atoms with E-state index in [0.717, 1.165) is 6.54 Å². The monoisotopic (exact) mass is 257 g/mol. The van der Waals surface area contributed by atoms with Crippen LogP contribution in [0.4, 0.5) is 0 Å². The van der Waals surface area contributed by atoms with Crippen molar-refractivity contribution in [1.29, 1.82) is 0 Å². The quantitative estimate of drug-likeness (QED) is 0.744. The summed E-state index contributed by atoms with van der Waals surface area (Å²) in [6.07, 6.45) is 8.88. The van der Waals surface area contributed by atoms with Gasteiger partial charge in [0.2, 0.25) is 0 Å². The first-order valence-corrected chi connectivity index (χ1v) is 7.72. The second-order valence-corrected chi connectivity index (χ2v) is 5.72. The Hall–Kier alpha value is -1.08. The molecule has 0 heterocycles. The van der Waals surface area contributed by atoms with Crippen LogP contribution in [0.2, 0.25) is 0 Å². The minimum Gasteiger partial charge on any atom is -0.307 e. The fourth-order valence-corrected chi connectivity index (χ4v) is 3.12. The topological polar surface area (TPSA) is 12.0 Å². The van der Waals surface area contributed by atoms with Crippen LogP contribution in [-0.2, 0) is 0 Å². The maximum absolute atomic E-state index is 3.77. The van der Waals surface area contributed by atoms with Gasteiger partial charge in [-0.3, -0.25) is 0 Å². The first-order valence-electron chi connectivity index (χ1n) is 7.72. The van der Waals surface area contributed by atoms with Crippen LogP contribution in [0.15, 0.2) is 29.8 Å². The van der Waals surface area contributed by atoms with Crippen LogP contribution < -0.4 is 5.32 Å². The van der Waals surface area contributed by atoms with Crippen molar-refractivity contribution in [2.45, 2.75) is 58.9 Å². The highest BCUT2D eigenvalue weighted by molar-refractivity contribution is 5.40. The van der Waals surface area contributed by atoms with Gasteiger partial charge >= 0.3 is 0 Å². The summed E-state index contributed by atoms with van der Waals surface area (Å²) in [4.78, 5) is 0. The molecule has 0 saturated heterocycles. The zero-order valence-electron chi connectivity index (χ0n) is 12.6. The van der Waals surface area contributed by atoms with Crippen LogP contribution >= 0.6 is 0 Å². The average molecular weight is 257 g/mol. The van der Waals surface area contributed by atoms with Crippen molar-refractivity contribution >= 4 is 0 Å². The molecule has 19 heavy (non-hydrogen) atoms. The van der Waals surface area contributed by atoms with Gasteiger partial charge in [0.25, 0.3) is 0 Å². The molecule has 1 aromatic rings. The Morgan fingerprint density at radius 1 is 1.16 bits per heavy atom. The third kappa shape index (κ3) is 3.48. The third-order valence-corrected chi connectivity index (χ3v) is 4.13. The highest BCUT2D eigenvalue weighted by Gasteiger charge is 2.20. The molecule has 0 saturated carbocycles. The van der Waals surface area contributed by atoms with Crippen molar-refractivity contribution in [2.75, 3.05) is 6.54 Å². The van der Waals surface area contributed by atoms with E-state index in [-0.39, 0.29) is 0 Å². The smallest absolute Gasteiger partial charge is 0.0541 e. The van der Waals surface area contributed by atoms with E-state index in [1.54, 1.807) is 5.57 Å². The Morgan fingerprint density at radius 3 is 2.47 bits per heavy atom. The fraction of sp³-hybridized carbons (Fsp3) is 0.556. The molecule has 1 aromatic carbocycles. The molecule has 1 aliphatic rings. The molecule has 0 fully saturated rings. The van der Waals surface area contributed by atoms with E-state index < -0.39 is 0 Å². The van der Waals surface area contributed by atoms with Crippen LogP contribution in [0.5, 0.6) is 0 Å². The highest BCUT2D eigenvalue weighted by Crippen LogP contribution is 2.33. The maximum Gasteiger partial charge on any atom is 0.0541 e. The molecule has 0 radical (unpaired) electrons. The van der Waals surface area contributed by atoms with Crippen LogP contribution in [0.3, 0.4) is 0 Å². The largest absolute Gasteiger partial charge is 0.307 e. The standard InChI is InChI=1S/C18H27N/c1-4-13-19-18(16-11-6-5-7-12-16)17-14(2)9-8-10-15(17)3/h8-11,18-19H,4-7,12-13H2,1-3H3. The summed E-state index contributed by atoms with van der Waals surface area (Å²) in [5.41, 5.74) is 5.95. The normalized spacial score (nSPS) is 17.1. The number of benzene rings is 1. The minimum atomic E-state index is 0.432. The lowest BCUT2D eigenvalue weighted by molar-refractivity contribution is 0.543. The number of rotatable bonds is 5. The molecule has 1 heteroatoms. The third-order valence-electron chi connectivity index (χ3n) is 4.13. The van der Waals surface area contributed by atoms with E-state index in [2.05, 4.69) is 50.4 Å². The molecule has 0 aromatic heterocycles. The SMILES string of the molecule is CCCNC(C1=CCCCC1)c1c(C)cccc1C. The molecule has 0 spiro atoms. The fourth-order valence-electron chi connectivity index (χ4n) is 3.12. The number of hydrogen-bond acceptors (Lipinski definition) is 1. The zero-order valence-corrected chi connectivity index (χ0v) is 12.6. The Morgan fingerprint density at radius 2 is 1.89 bits per heavy atom. The second-order valence-electron chi connectivity index (χ2n) is 5.72. The lowest BCUT2D eigenvalue weighted by atomic mass is 9.86. The maximum atomic E-state index is 3.77.